The second-order valence-corrected chi connectivity index (χ2v) is 16.9. The van der Waals surface area contributed by atoms with Gasteiger partial charge in [0, 0.05) is 27.6 Å². The van der Waals surface area contributed by atoms with Crippen LogP contribution in [0.4, 0.5) is 0 Å². The van der Waals surface area contributed by atoms with Gasteiger partial charge in [0.25, 0.3) is 0 Å². The van der Waals surface area contributed by atoms with Crippen molar-refractivity contribution in [1.29, 1.82) is 0 Å². The molecule has 2 aromatic heterocycles. The topological polar surface area (TPSA) is 30.7 Å². The quantitative estimate of drug-likeness (QED) is 0.167. The van der Waals surface area contributed by atoms with Gasteiger partial charge in [0.15, 0.2) is 0 Å². The number of benzene rings is 10. The Kier molecular flexibility index (Phi) is 8.13. The Bertz CT molecular complexity index is 3720. The summed E-state index contributed by atoms with van der Waals surface area (Å²) in [6, 6.07) is 85.7. The van der Waals surface area contributed by atoms with Crippen LogP contribution in [0.15, 0.2) is 237 Å². The fourth-order valence-electron chi connectivity index (χ4n) is 10.6. The van der Waals surface area contributed by atoms with Crippen LogP contribution in [0.5, 0.6) is 0 Å². The zero-order chi connectivity index (χ0) is 42.2. The second kappa shape index (κ2) is 14.3. The fourth-order valence-corrected chi connectivity index (χ4v) is 10.6. The highest BCUT2D eigenvalue weighted by Gasteiger charge is 2.46. The van der Waals surface area contributed by atoms with Crippen molar-refractivity contribution in [3.63, 3.8) is 0 Å². The van der Waals surface area contributed by atoms with E-state index in [1.165, 1.54) is 66.0 Å². The maximum atomic E-state index is 5.31. The zero-order valence-corrected chi connectivity index (χ0v) is 34.9. The van der Waals surface area contributed by atoms with E-state index in [0.717, 1.165) is 50.3 Å². The molecule has 298 valence electrons. The predicted molar refractivity (Wildman–Crippen MR) is 265 cm³/mol. The van der Waals surface area contributed by atoms with E-state index in [1.54, 1.807) is 0 Å². The molecular weight excluding hydrogens is 775 g/mol. The summed E-state index contributed by atoms with van der Waals surface area (Å²) >= 11 is 0. The minimum atomic E-state index is -0.422. The molecule has 0 fully saturated rings. The Labute approximate surface area is 371 Å². The average Bonchev–Trinajstić information content (AvgIpc) is 3.87. The van der Waals surface area contributed by atoms with Crippen LogP contribution >= 0.6 is 0 Å². The van der Waals surface area contributed by atoms with E-state index in [-0.39, 0.29) is 0 Å². The molecule has 1 aliphatic carbocycles. The number of nitrogens with zero attached hydrogens (tertiary/aromatic N) is 3. The molecule has 0 unspecified atom stereocenters. The Morgan fingerprint density at radius 2 is 0.906 bits per heavy atom. The molecule has 0 saturated carbocycles. The maximum absolute atomic E-state index is 5.31. The molecule has 0 amide bonds. The number of para-hydroxylation sites is 4. The summed E-state index contributed by atoms with van der Waals surface area (Å²) in [4.78, 5) is 10.6. The fraction of sp³-hybridized carbons (Fsp3) is 0.0164. The lowest BCUT2D eigenvalue weighted by atomic mass is 9.67. The van der Waals surface area contributed by atoms with Gasteiger partial charge in [-0.25, -0.2) is 9.97 Å². The van der Waals surface area contributed by atoms with Crippen LogP contribution in [0.3, 0.4) is 0 Å². The van der Waals surface area contributed by atoms with Gasteiger partial charge < -0.3 is 4.57 Å². The number of rotatable bonds is 6. The van der Waals surface area contributed by atoms with Crippen LogP contribution in [0.1, 0.15) is 22.3 Å². The third kappa shape index (κ3) is 5.41. The second-order valence-electron chi connectivity index (χ2n) is 16.9. The number of hydrogen-bond donors (Lipinski definition) is 0. The standard InChI is InChI=1S/C61H39N3/c1-4-16-45(17-5-1)61(46-18-6-2-7-19-46)52-24-12-10-23-50(52)58-48-35-32-42(38-43(48)33-36-53(58)61)40-28-30-41(31-29-40)59-60(63-55-26-14-13-25-54(55)62-59)44-34-37-57-51(39-44)49-22-11-15-27-56(49)64(57)47-20-8-3-9-21-47/h1-39H. The first-order chi connectivity index (χ1) is 31.7. The van der Waals surface area contributed by atoms with E-state index in [1.807, 2.05) is 12.1 Å². The smallest absolute Gasteiger partial charge is 0.0973 e. The third-order valence-electron chi connectivity index (χ3n) is 13.5. The third-order valence-corrected chi connectivity index (χ3v) is 13.5. The molecule has 0 N–H and O–H groups in total. The van der Waals surface area contributed by atoms with Crippen LogP contribution in [0.2, 0.25) is 0 Å². The lowest BCUT2D eigenvalue weighted by molar-refractivity contribution is 0.769. The largest absolute Gasteiger partial charge is 0.309 e. The van der Waals surface area contributed by atoms with Crippen molar-refractivity contribution >= 4 is 43.6 Å². The summed E-state index contributed by atoms with van der Waals surface area (Å²) in [6.07, 6.45) is 0. The van der Waals surface area contributed by atoms with Gasteiger partial charge in [0.2, 0.25) is 0 Å². The Morgan fingerprint density at radius 3 is 1.64 bits per heavy atom. The summed E-state index contributed by atoms with van der Waals surface area (Å²) in [5.41, 5.74) is 18.7. The summed E-state index contributed by atoms with van der Waals surface area (Å²) in [7, 11) is 0. The number of fused-ring (bicyclic) bond motifs is 9. The molecule has 10 aromatic carbocycles. The van der Waals surface area contributed by atoms with Gasteiger partial charge in [-0.05, 0) is 104 Å². The van der Waals surface area contributed by atoms with Crippen LogP contribution < -0.4 is 0 Å². The van der Waals surface area contributed by atoms with Gasteiger partial charge in [0.05, 0.1) is 38.9 Å². The van der Waals surface area contributed by atoms with Crippen molar-refractivity contribution in [1.82, 2.24) is 14.5 Å². The zero-order valence-electron chi connectivity index (χ0n) is 34.9. The van der Waals surface area contributed by atoms with Crippen LogP contribution in [0.25, 0.3) is 94.1 Å². The van der Waals surface area contributed by atoms with Crippen LogP contribution in [-0.4, -0.2) is 14.5 Å². The molecule has 1 aliphatic rings. The van der Waals surface area contributed by atoms with Crippen molar-refractivity contribution in [2.75, 3.05) is 0 Å². The molecule has 0 bridgehead atoms. The lowest BCUT2D eigenvalue weighted by Crippen LogP contribution is -2.28. The maximum Gasteiger partial charge on any atom is 0.0973 e. The van der Waals surface area contributed by atoms with Crippen LogP contribution in [-0.2, 0) is 5.41 Å². The van der Waals surface area contributed by atoms with Crippen LogP contribution in [0, 0.1) is 0 Å². The van der Waals surface area contributed by atoms with Crippen molar-refractivity contribution in [2.45, 2.75) is 5.41 Å². The molecule has 0 aliphatic heterocycles. The minimum Gasteiger partial charge on any atom is -0.309 e. The van der Waals surface area contributed by atoms with E-state index in [9.17, 15) is 0 Å². The molecule has 13 rings (SSSR count). The summed E-state index contributed by atoms with van der Waals surface area (Å²) in [6.45, 7) is 0. The summed E-state index contributed by atoms with van der Waals surface area (Å²) < 4.78 is 2.35. The van der Waals surface area contributed by atoms with Gasteiger partial charge >= 0.3 is 0 Å². The van der Waals surface area contributed by atoms with E-state index in [4.69, 9.17) is 9.97 Å². The molecule has 12 aromatic rings. The molecular formula is C61H39N3. The van der Waals surface area contributed by atoms with E-state index in [2.05, 4.69) is 229 Å². The number of hydrogen-bond acceptors (Lipinski definition) is 2. The van der Waals surface area contributed by atoms with Crippen molar-refractivity contribution in [3.05, 3.63) is 259 Å². The molecule has 0 radical (unpaired) electrons. The highest BCUT2D eigenvalue weighted by atomic mass is 15.0. The van der Waals surface area contributed by atoms with E-state index >= 15 is 0 Å². The number of aromatic nitrogens is 3. The first-order valence-corrected chi connectivity index (χ1v) is 22.0. The van der Waals surface area contributed by atoms with Gasteiger partial charge in [-0.1, -0.05) is 188 Å². The predicted octanol–water partition coefficient (Wildman–Crippen LogP) is 15.2. The van der Waals surface area contributed by atoms with Crippen molar-refractivity contribution in [2.24, 2.45) is 0 Å². The molecule has 0 saturated heterocycles. The first-order valence-electron chi connectivity index (χ1n) is 22.0. The highest BCUT2D eigenvalue weighted by Crippen LogP contribution is 2.57. The van der Waals surface area contributed by atoms with Gasteiger partial charge in [0.1, 0.15) is 0 Å². The van der Waals surface area contributed by atoms with E-state index in [0.29, 0.717) is 0 Å². The normalized spacial score (nSPS) is 12.8. The van der Waals surface area contributed by atoms with Gasteiger partial charge in [-0.3, -0.25) is 0 Å². The lowest BCUT2D eigenvalue weighted by Gasteiger charge is -2.33. The molecule has 0 spiro atoms. The first kappa shape index (κ1) is 36.3. The summed E-state index contributed by atoms with van der Waals surface area (Å²) in [5.74, 6) is 0. The van der Waals surface area contributed by atoms with E-state index < -0.39 is 5.41 Å². The summed E-state index contributed by atoms with van der Waals surface area (Å²) in [5, 5.41) is 4.88. The Balaban J connectivity index is 0.920. The monoisotopic (exact) mass is 813 g/mol. The molecule has 0 atom stereocenters. The Hall–Kier alpha value is -8.40. The van der Waals surface area contributed by atoms with Gasteiger partial charge in [-0.15, -0.1) is 0 Å². The highest BCUT2D eigenvalue weighted by molar-refractivity contribution is 6.11. The van der Waals surface area contributed by atoms with Gasteiger partial charge in [-0.2, -0.15) is 0 Å². The molecule has 3 nitrogen and oxygen atoms in total. The van der Waals surface area contributed by atoms with Crippen molar-refractivity contribution < 1.29 is 0 Å². The van der Waals surface area contributed by atoms with Crippen molar-refractivity contribution in [3.8, 4) is 50.5 Å². The molecule has 2 heterocycles. The SMILES string of the molecule is c1ccc(-n2c3ccccc3c3cc(-c4nc5ccccc5nc4-c4ccc(-c5ccc6c7c(ccc6c5)C(c5ccccc5)(c5ccccc5)c5ccccc5-7)cc4)ccc32)cc1. The molecule has 3 heteroatoms. The molecule has 64 heavy (non-hydrogen) atoms. The average molecular weight is 814 g/mol. The Morgan fingerprint density at radius 1 is 0.344 bits per heavy atom. The minimum absolute atomic E-state index is 0.422.